The predicted octanol–water partition coefficient (Wildman–Crippen LogP) is 6.19. The highest BCUT2D eigenvalue weighted by Gasteiger charge is 2.24. The third-order valence-electron chi connectivity index (χ3n) is 5.51. The molecule has 5 nitrogen and oxygen atoms in total. The maximum atomic E-state index is 12.7. The van der Waals surface area contributed by atoms with Crippen molar-refractivity contribution in [1.29, 1.82) is 0 Å². The molecule has 0 aliphatic carbocycles. The Bertz CT molecular complexity index is 1340. The van der Waals surface area contributed by atoms with Crippen LogP contribution in [-0.2, 0) is 11.2 Å². The second-order valence-corrected chi connectivity index (χ2v) is 9.01. The molecule has 0 unspecified atom stereocenters. The van der Waals surface area contributed by atoms with Crippen LogP contribution in [0.5, 0.6) is 11.6 Å². The molecule has 0 fully saturated rings. The summed E-state index contributed by atoms with van der Waals surface area (Å²) < 4.78 is 6.19. The van der Waals surface area contributed by atoms with E-state index in [9.17, 15) is 4.79 Å². The molecule has 1 aromatic heterocycles. The topological polar surface area (TPSA) is 64.1 Å². The predicted molar refractivity (Wildman–Crippen MR) is 132 cm³/mol. The number of nitrogens with one attached hydrogen (secondary N) is 1. The highest BCUT2D eigenvalue weighted by Crippen LogP contribution is 2.40. The Morgan fingerprint density at radius 1 is 1.00 bits per heavy atom. The Morgan fingerprint density at radius 2 is 1.79 bits per heavy atom. The molecule has 0 spiro atoms. The quantitative estimate of drug-likeness (QED) is 0.254. The molecular weight excluding hydrogens is 430 g/mol. The van der Waals surface area contributed by atoms with E-state index in [1.807, 2.05) is 73.7 Å². The van der Waals surface area contributed by atoms with E-state index in [0.717, 1.165) is 38.7 Å². The summed E-state index contributed by atoms with van der Waals surface area (Å²) in [6.45, 7) is 4.04. The van der Waals surface area contributed by atoms with Crippen LogP contribution in [0, 0.1) is 13.8 Å². The standard InChI is InChI=1S/C27H23N3O2S/c1-17-12-13-23-20(14-17)15-21-26(32-23)29-25(19-9-4-3-5-10-19)30-27(21)33-16-24(31)28-22-11-7-6-8-18(22)2/h3-14H,15-16H2,1-2H3,(H,28,31). The lowest BCUT2D eigenvalue weighted by Gasteiger charge is -2.22. The van der Waals surface area contributed by atoms with E-state index >= 15 is 0 Å². The van der Waals surface area contributed by atoms with Gasteiger partial charge in [0.05, 0.1) is 11.3 Å². The van der Waals surface area contributed by atoms with Gasteiger partial charge in [0.15, 0.2) is 5.82 Å². The molecular formula is C27H23N3O2S. The fraction of sp³-hybridized carbons (Fsp3) is 0.148. The number of fused-ring (bicyclic) bond motifs is 2. The summed E-state index contributed by atoms with van der Waals surface area (Å²) >= 11 is 1.41. The monoisotopic (exact) mass is 453 g/mol. The van der Waals surface area contributed by atoms with Crippen LogP contribution in [0.2, 0.25) is 0 Å². The first-order chi connectivity index (χ1) is 16.1. The Morgan fingerprint density at radius 3 is 2.61 bits per heavy atom. The molecule has 2 heterocycles. The normalized spacial score (nSPS) is 11.8. The van der Waals surface area contributed by atoms with E-state index in [-0.39, 0.29) is 11.7 Å². The number of rotatable bonds is 5. The molecule has 1 aliphatic heterocycles. The van der Waals surface area contributed by atoms with Gasteiger partial charge in [0.1, 0.15) is 10.8 Å². The lowest BCUT2D eigenvalue weighted by Crippen LogP contribution is -2.16. The van der Waals surface area contributed by atoms with Gasteiger partial charge >= 0.3 is 0 Å². The van der Waals surface area contributed by atoms with Gasteiger partial charge in [-0.05, 0) is 37.1 Å². The Kier molecular flexibility index (Phi) is 5.84. The molecule has 0 saturated heterocycles. The maximum Gasteiger partial charge on any atom is 0.234 e. The van der Waals surface area contributed by atoms with Crippen molar-refractivity contribution in [1.82, 2.24) is 9.97 Å². The fourth-order valence-corrected chi connectivity index (χ4v) is 4.61. The van der Waals surface area contributed by atoms with Gasteiger partial charge in [0.2, 0.25) is 11.8 Å². The van der Waals surface area contributed by atoms with Crippen molar-refractivity contribution in [3.63, 3.8) is 0 Å². The number of ether oxygens (including phenoxy) is 1. The minimum Gasteiger partial charge on any atom is -0.438 e. The van der Waals surface area contributed by atoms with Crippen LogP contribution < -0.4 is 10.1 Å². The number of aromatic nitrogens is 2. The van der Waals surface area contributed by atoms with Gasteiger partial charge in [-0.2, -0.15) is 4.98 Å². The molecule has 164 valence electrons. The molecule has 0 bridgehead atoms. The van der Waals surface area contributed by atoms with Gasteiger partial charge in [-0.25, -0.2) is 4.98 Å². The number of nitrogens with zero attached hydrogens (tertiary/aromatic N) is 2. The van der Waals surface area contributed by atoms with Gasteiger partial charge < -0.3 is 10.1 Å². The lowest BCUT2D eigenvalue weighted by atomic mass is 10.0. The molecule has 1 N–H and O–H groups in total. The third kappa shape index (κ3) is 4.61. The van der Waals surface area contributed by atoms with Gasteiger partial charge in [-0.1, -0.05) is 78.0 Å². The highest BCUT2D eigenvalue weighted by atomic mass is 32.2. The van der Waals surface area contributed by atoms with Crippen molar-refractivity contribution < 1.29 is 9.53 Å². The first-order valence-electron chi connectivity index (χ1n) is 10.8. The first-order valence-corrected chi connectivity index (χ1v) is 11.8. The zero-order valence-electron chi connectivity index (χ0n) is 18.5. The van der Waals surface area contributed by atoms with E-state index in [4.69, 9.17) is 14.7 Å². The Hall–Kier alpha value is -3.64. The molecule has 3 aromatic carbocycles. The summed E-state index contributed by atoms with van der Waals surface area (Å²) in [5, 5.41) is 3.76. The van der Waals surface area contributed by atoms with Crippen molar-refractivity contribution in [2.24, 2.45) is 0 Å². The van der Waals surface area contributed by atoms with Crippen LogP contribution in [0.25, 0.3) is 11.4 Å². The van der Waals surface area contributed by atoms with Crippen molar-refractivity contribution in [2.75, 3.05) is 11.1 Å². The van der Waals surface area contributed by atoms with Crippen molar-refractivity contribution >= 4 is 23.4 Å². The molecule has 4 aromatic rings. The van der Waals surface area contributed by atoms with Crippen LogP contribution in [0.3, 0.4) is 0 Å². The van der Waals surface area contributed by atoms with E-state index in [2.05, 4.69) is 18.3 Å². The molecule has 0 atom stereocenters. The average Bonchev–Trinajstić information content (AvgIpc) is 2.83. The Balaban J connectivity index is 1.45. The minimum atomic E-state index is -0.0732. The fourth-order valence-electron chi connectivity index (χ4n) is 3.79. The summed E-state index contributed by atoms with van der Waals surface area (Å²) in [6.07, 6.45) is 0.670. The van der Waals surface area contributed by atoms with Crippen molar-refractivity contribution in [2.45, 2.75) is 25.3 Å². The van der Waals surface area contributed by atoms with E-state index in [1.54, 1.807) is 0 Å². The number of amides is 1. The van der Waals surface area contributed by atoms with E-state index < -0.39 is 0 Å². The van der Waals surface area contributed by atoms with E-state index in [1.165, 1.54) is 17.3 Å². The van der Waals surface area contributed by atoms with Crippen molar-refractivity contribution in [3.8, 4) is 23.0 Å². The van der Waals surface area contributed by atoms with Crippen LogP contribution in [0.15, 0.2) is 77.8 Å². The number of carbonyl (C=O) groups excluding carboxylic acids is 1. The highest BCUT2D eigenvalue weighted by molar-refractivity contribution is 8.00. The van der Waals surface area contributed by atoms with Crippen LogP contribution >= 0.6 is 11.8 Å². The molecule has 6 heteroatoms. The minimum absolute atomic E-state index is 0.0732. The summed E-state index contributed by atoms with van der Waals surface area (Å²) in [7, 11) is 0. The molecule has 5 rings (SSSR count). The lowest BCUT2D eigenvalue weighted by molar-refractivity contribution is -0.113. The number of aryl methyl sites for hydroxylation is 2. The SMILES string of the molecule is Cc1ccc2c(c1)Cc1c(nc(-c3ccccc3)nc1SCC(=O)Nc1ccccc1C)O2. The molecule has 1 amide bonds. The first kappa shape index (κ1) is 21.2. The molecule has 0 saturated carbocycles. The second kappa shape index (κ2) is 9.08. The summed E-state index contributed by atoms with van der Waals surface area (Å²) in [5.74, 6) is 2.14. The number of para-hydroxylation sites is 1. The second-order valence-electron chi connectivity index (χ2n) is 8.04. The van der Waals surface area contributed by atoms with Crippen LogP contribution in [0.1, 0.15) is 22.3 Å². The number of anilines is 1. The number of benzene rings is 3. The van der Waals surface area contributed by atoms with Crippen LogP contribution in [-0.4, -0.2) is 21.6 Å². The number of thioether (sulfide) groups is 1. The van der Waals surface area contributed by atoms with Crippen molar-refractivity contribution in [3.05, 3.63) is 95.1 Å². The van der Waals surface area contributed by atoms with Gasteiger partial charge in [0, 0.05) is 17.7 Å². The average molecular weight is 454 g/mol. The number of hydrogen-bond acceptors (Lipinski definition) is 5. The van der Waals surface area contributed by atoms with Gasteiger partial charge in [0.25, 0.3) is 0 Å². The largest absolute Gasteiger partial charge is 0.438 e. The smallest absolute Gasteiger partial charge is 0.234 e. The number of hydrogen-bond donors (Lipinski definition) is 1. The van der Waals surface area contributed by atoms with Gasteiger partial charge in [-0.3, -0.25) is 4.79 Å². The Labute approximate surface area is 197 Å². The summed E-state index contributed by atoms with van der Waals surface area (Å²) in [6, 6.07) is 23.7. The summed E-state index contributed by atoms with van der Waals surface area (Å²) in [4.78, 5) is 22.3. The van der Waals surface area contributed by atoms with Crippen LogP contribution in [0.4, 0.5) is 5.69 Å². The third-order valence-corrected chi connectivity index (χ3v) is 6.53. The summed E-state index contributed by atoms with van der Waals surface area (Å²) in [5.41, 5.74) is 5.96. The molecule has 33 heavy (non-hydrogen) atoms. The maximum absolute atomic E-state index is 12.7. The number of carbonyl (C=O) groups is 1. The molecule has 0 radical (unpaired) electrons. The molecule has 1 aliphatic rings. The van der Waals surface area contributed by atoms with E-state index in [0.29, 0.717) is 18.1 Å². The zero-order valence-corrected chi connectivity index (χ0v) is 19.3. The van der Waals surface area contributed by atoms with Gasteiger partial charge in [-0.15, -0.1) is 0 Å². The zero-order chi connectivity index (χ0) is 22.8.